The first-order chi connectivity index (χ1) is 9.74. The summed E-state index contributed by atoms with van der Waals surface area (Å²) in [4.78, 5) is 0. The molecule has 2 N–H and O–H groups in total. The molecular weight excluding hydrogens is 258 g/mol. The standard InChI is InChI=1S/C15H23NO4/c1-3-5-16-8-11-6-14-15(20-10-19-14)7-13(11)18-9-12(17)4-2/h6-7,12,16-17H,3-5,8-10H2,1-2H3. The first-order valence-electron chi connectivity index (χ1n) is 7.18. The third-order valence-corrected chi connectivity index (χ3v) is 3.20. The maximum Gasteiger partial charge on any atom is 0.231 e. The zero-order valence-electron chi connectivity index (χ0n) is 12.1. The highest BCUT2D eigenvalue weighted by Crippen LogP contribution is 2.38. The van der Waals surface area contributed by atoms with Gasteiger partial charge in [0.05, 0.1) is 6.10 Å². The van der Waals surface area contributed by atoms with Gasteiger partial charge in [-0.3, -0.25) is 0 Å². The van der Waals surface area contributed by atoms with Crippen molar-refractivity contribution in [1.82, 2.24) is 5.32 Å². The number of hydrogen-bond acceptors (Lipinski definition) is 5. The maximum absolute atomic E-state index is 9.62. The van der Waals surface area contributed by atoms with Crippen molar-refractivity contribution < 1.29 is 19.3 Å². The fourth-order valence-electron chi connectivity index (χ4n) is 1.94. The Labute approximate surface area is 119 Å². The van der Waals surface area contributed by atoms with Crippen LogP contribution in [0.25, 0.3) is 0 Å². The average molecular weight is 281 g/mol. The Bertz CT molecular complexity index is 436. The van der Waals surface area contributed by atoms with E-state index >= 15 is 0 Å². The van der Waals surface area contributed by atoms with Crippen molar-refractivity contribution in [2.45, 2.75) is 39.3 Å². The SMILES string of the molecule is CCCNCc1cc2c(cc1OCC(O)CC)OCO2. The van der Waals surface area contributed by atoms with Gasteiger partial charge in [-0.05, 0) is 25.5 Å². The summed E-state index contributed by atoms with van der Waals surface area (Å²) >= 11 is 0. The van der Waals surface area contributed by atoms with Gasteiger partial charge in [0.15, 0.2) is 11.5 Å². The minimum Gasteiger partial charge on any atom is -0.490 e. The lowest BCUT2D eigenvalue weighted by Gasteiger charge is -2.15. The highest BCUT2D eigenvalue weighted by Gasteiger charge is 2.18. The van der Waals surface area contributed by atoms with E-state index in [9.17, 15) is 5.11 Å². The molecule has 0 saturated carbocycles. The minimum absolute atomic E-state index is 0.248. The van der Waals surface area contributed by atoms with Gasteiger partial charge < -0.3 is 24.6 Å². The fraction of sp³-hybridized carbons (Fsp3) is 0.600. The van der Waals surface area contributed by atoms with Crippen molar-refractivity contribution in [3.8, 4) is 17.2 Å². The number of aliphatic hydroxyl groups is 1. The number of rotatable bonds is 8. The lowest BCUT2D eigenvalue weighted by atomic mass is 10.1. The van der Waals surface area contributed by atoms with Crippen molar-refractivity contribution in [2.24, 2.45) is 0 Å². The number of ether oxygens (including phenoxy) is 3. The van der Waals surface area contributed by atoms with Gasteiger partial charge in [0, 0.05) is 18.2 Å². The van der Waals surface area contributed by atoms with Crippen LogP contribution >= 0.6 is 0 Å². The molecule has 20 heavy (non-hydrogen) atoms. The molecule has 0 aromatic heterocycles. The lowest BCUT2D eigenvalue weighted by Crippen LogP contribution is -2.18. The van der Waals surface area contributed by atoms with E-state index < -0.39 is 6.10 Å². The second-order valence-corrected chi connectivity index (χ2v) is 4.86. The summed E-state index contributed by atoms with van der Waals surface area (Å²) in [6.07, 6.45) is 1.31. The van der Waals surface area contributed by atoms with E-state index in [0.717, 1.165) is 30.0 Å². The summed E-state index contributed by atoms with van der Waals surface area (Å²) in [5, 5.41) is 13.0. The molecule has 0 amide bonds. The van der Waals surface area contributed by atoms with E-state index in [1.54, 1.807) is 0 Å². The number of fused-ring (bicyclic) bond motifs is 1. The highest BCUT2D eigenvalue weighted by atomic mass is 16.7. The van der Waals surface area contributed by atoms with Gasteiger partial charge in [-0.25, -0.2) is 0 Å². The predicted octanol–water partition coefficient (Wildman–Crippen LogP) is 2.06. The summed E-state index contributed by atoms with van der Waals surface area (Å²) in [5.74, 6) is 2.19. The van der Waals surface area contributed by atoms with Gasteiger partial charge in [-0.1, -0.05) is 13.8 Å². The summed E-state index contributed by atoms with van der Waals surface area (Å²) in [7, 11) is 0. The van der Waals surface area contributed by atoms with Crippen molar-refractivity contribution in [2.75, 3.05) is 19.9 Å². The minimum atomic E-state index is -0.447. The molecule has 5 heteroatoms. The van der Waals surface area contributed by atoms with Crippen molar-refractivity contribution in [1.29, 1.82) is 0 Å². The third-order valence-electron chi connectivity index (χ3n) is 3.20. The predicted molar refractivity (Wildman–Crippen MR) is 76.4 cm³/mol. The number of hydrogen-bond donors (Lipinski definition) is 2. The van der Waals surface area contributed by atoms with Crippen LogP contribution in [0.15, 0.2) is 12.1 Å². The Morgan fingerprint density at radius 1 is 1.30 bits per heavy atom. The van der Waals surface area contributed by atoms with Crippen LogP contribution in [0.1, 0.15) is 32.3 Å². The number of nitrogens with one attached hydrogen (secondary N) is 1. The monoisotopic (exact) mass is 281 g/mol. The maximum atomic E-state index is 9.62. The normalized spacial score (nSPS) is 14.3. The second-order valence-electron chi connectivity index (χ2n) is 4.86. The molecule has 1 aromatic carbocycles. The smallest absolute Gasteiger partial charge is 0.231 e. The number of benzene rings is 1. The quantitative estimate of drug-likeness (QED) is 0.714. The Hall–Kier alpha value is -1.46. The molecule has 1 heterocycles. The van der Waals surface area contributed by atoms with Crippen LogP contribution in [-0.4, -0.2) is 31.2 Å². The molecule has 1 aromatic rings. The first-order valence-corrected chi connectivity index (χ1v) is 7.18. The van der Waals surface area contributed by atoms with Gasteiger partial charge in [0.25, 0.3) is 0 Å². The van der Waals surface area contributed by atoms with Crippen molar-refractivity contribution in [3.05, 3.63) is 17.7 Å². The van der Waals surface area contributed by atoms with Gasteiger partial charge in [0.1, 0.15) is 12.4 Å². The average Bonchev–Trinajstić information content (AvgIpc) is 2.91. The van der Waals surface area contributed by atoms with Gasteiger partial charge >= 0.3 is 0 Å². The molecule has 1 unspecified atom stereocenters. The zero-order chi connectivity index (χ0) is 14.4. The van der Waals surface area contributed by atoms with Crippen LogP contribution in [-0.2, 0) is 6.54 Å². The van der Waals surface area contributed by atoms with Gasteiger partial charge in [-0.2, -0.15) is 0 Å². The van der Waals surface area contributed by atoms with E-state index in [-0.39, 0.29) is 13.4 Å². The van der Waals surface area contributed by atoms with Crippen molar-refractivity contribution in [3.63, 3.8) is 0 Å². The Morgan fingerprint density at radius 2 is 2.05 bits per heavy atom. The van der Waals surface area contributed by atoms with E-state index in [1.807, 2.05) is 19.1 Å². The van der Waals surface area contributed by atoms with Crippen LogP contribution in [0.3, 0.4) is 0 Å². The molecule has 5 nitrogen and oxygen atoms in total. The van der Waals surface area contributed by atoms with Crippen LogP contribution < -0.4 is 19.5 Å². The first kappa shape index (κ1) is 14.9. The van der Waals surface area contributed by atoms with E-state index in [4.69, 9.17) is 14.2 Å². The Morgan fingerprint density at radius 3 is 2.75 bits per heavy atom. The van der Waals surface area contributed by atoms with Crippen LogP contribution in [0.5, 0.6) is 17.2 Å². The molecular formula is C15H23NO4. The molecule has 0 saturated heterocycles. The van der Waals surface area contributed by atoms with Crippen molar-refractivity contribution >= 4 is 0 Å². The van der Waals surface area contributed by atoms with Gasteiger partial charge in [0.2, 0.25) is 6.79 Å². The van der Waals surface area contributed by atoms with E-state index in [1.165, 1.54) is 0 Å². The van der Waals surface area contributed by atoms with E-state index in [2.05, 4.69) is 12.2 Å². The Kier molecular flexibility index (Phi) is 5.49. The molecule has 1 aliphatic rings. The third kappa shape index (κ3) is 3.77. The molecule has 0 radical (unpaired) electrons. The largest absolute Gasteiger partial charge is 0.490 e. The highest BCUT2D eigenvalue weighted by molar-refractivity contribution is 5.51. The molecule has 0 aliphatic carbocycles. The van der Waals surface area contributed by atoms with Gasteiger partial charge in [-0.15, -0.1) is 0 Å². The second kappa shape index (κ2) is 7.36. The molecule has 112 valence electrons. The van der Waals surface area contributed by atoms with Crippen LogP contribution in [0.4, 0.5) is 0 Å². The molecule has 0 bridgehead atoms. The molecule has 2 rings (SSSR count). The summed E-state index contributed by atoms with van der Waals surface area (Å²) in [5.41, 5.74) is 1.02. The molecule has 0 fully saturated rings. The lowest BCUT2D eigenvalue weighted by molar-refractivity contribution is 0.103. The van der Waals surface area contributed by atoms with Crippen LogP contribution in [0, 0.1) is 0 Å². The Balaban J connectivity index is 2.09. The van der Waals surface area contributed by atoms with Crippen LogP contribution in [0.2, 0.25) is 0 Å². The topological polar surface area (TPSA) is 60.0 Å². The van der Waals surface area contributed by atoms with E-state index in [0.29, 0.717) is 18.7 Å². The fourth-order valence-corrected chi connectivity index (χ4v) is 1.94. The molecule has 1 aliphatic heterocycles. The molecule has 1 atom stereocenters. The molecule has 0 spiro atoms. The number of aliphatic hydroxyl groups excluding tert-OH is 1. The summed E-state index contributed by atoms with van der Waals surface area (Å²) in [6, 6.07) is 3.78. The summed E-state index contributed by atoms with van der Waals surface area (Å²) < 4.78 is 16.5. The summed E-state index contributed by atoms with van der Waals surface area (Å²) in [6.45, 7) is 6.25. The zero-order valence-corrected chi connectivity index (χ0v) is 12.1.